The van der Waals surface area contributed by atoms with Gasteiger partial charge in [-0.1, -0.05) is 13.8 Å². The van der Waals surface area contributed by atoms with Crippen LogP contribution in [0.1, 0.15) is 38.8 Å². The van der Waals surface area contributed by atoms with Gasteiger partial charge in [0.25, 0.3) is 0 Å². The van der Waals surface area contributed by atoms with E-state index in [4.69, 9.17) is 9.47 Å². The molecule has 3 nitrogen and oxygen atoms in total. The highest BCUT2D eigenvalue weighted by atomic mass is 16.5. The number of benzene rings is 1. The molecular weight excluding hydrogens is 238 g/mol. The largest absolute Gasteiger partial charge is 0.497 e. The number of ether oxygens (including phenoxy) is 2. The van der Waals surface area contributed by atoms with Crippen molar-refractivity contribution < 1.29 is 9.47 Å². The Kier molecular flexibility index (Phi) is 4.04. The van der Waals surface area contributed by atoms with Crippen molar-refractivity contribution in [3.8, 4) is 11.5 Å². The van der Waals surface area contributed by atoms with E-state index in [0.717, 1.165) is 29.5 Å². The third-order valence-corrected chi connectivity index (χ3v) is 4.29. The first-order valence-corrected chi connectivity index (χ1v) is 6.93. The normalized spacial score (nSPS) is 21.8. The number of hydrogen-bond donors (Lipinski definition) is 1. The summed E-state index contributed by atoms with van der Waals surface area (Å²) in [6, 6.07) is 6.21. The lowest BCUT2D eigenvalue weighted by Gasteiger charge is -2.18. The zero-order valence-corrected chi connectivity index (χ0v) is 12.6. The van der Waals surface area contributed by atoms with E-state index in [1.807, 2.05) is 12.1 Å². The summed E-state index contributed by atoms with van der Waals surface area (Å²) >= 11 is 0. The van der Waals surface area contributed by atoms with Crippen molar-refractivity contribution in [3.05, 3.63) is 23.8 Å². The molecule has 1 aliphatic rings. The Balaban J connectivity index is 2.02. The van der Waals surface area contributed by atoms with Gasteiger partial charge in [-0.15, -0.1) is 0 Å². The van der Waals surface area contributed by atoms with Gasteiger partial charge in [0.1, 0.15) is 11.5 Å². The summed E-state index contributed by atoms with van der Waals surface area (Å²) in [5.74, 6) is 2.58. The van der Waals surface area contributed by atoms with Gasteiger partial charge in [0.15, 0.2) is 0 Å². The van der Waals surface area contributed by atoms with Crippen LogP contribution >= 0.6 is 0 Å². The second-order valence-corrected chi connectivity index (χ2v) is 6.13. The van der Waals surface area contributed by atoms with Crippen LogP contribution in [0.4, 0.5) is 0 Å². The molecule has 0 saturated heterocycles. The summed E-state index contributed by atoms with van der Waals surface area (Å²) in [6.45, 7) is 7.90. The van der Waals surface area contributed by atoms with E-state index in [1.54, 1.807) is 14.2 Å². The predicted molar refractivity (Wildman–Crippen MR) is 77.9 cm³/mol. The first-order valence-electron chi connectivity index (χ1n) is 6.93. The second kappa shape index (κ2) is 5.41. The molecule has 0 radical (unpaired) electrons. The van der Waals surface area contributed by atoms with Gasteiger partial charge in [0.2, 0.25) is 0 Å². The molecule has 0 spiro atoms. The topological polar surface area (TPSA) is 30.5 Å². The lowest BCUT2D eigenvalue weighted by molar-refractivity contribution is 0.389. The van der Waals surface area contributed by atoms with Crippen molar-refractivity contribution >= 4 is 0 Å². The van der Waals surface area contributed by atoms with Crippen LogP contribution in [0.3, 0.4) is 0 Å². The minimum absolute atomic E-state index is 0.265. The summed E-state index contributed by atoms with van der Waals surface area (Å²) in [5.41, 5.74) is 1.67. The minimum Gasteiger partial charge on any atom is -0.497 e. The average molecular weight is 263 g/mol. The maximum absolute atomic E-state index is 5.43. The predicted octanol–water partition coefficient (Wildman–Crippen LogP) is 3.40. The quantitative estimate of drug-likeness (QED) is 0.853. The van der Waals surface area contributed by atoms with E-state index < -0.39 is 0 Å². The van der Waals surface area contributed by atoms with E-state index in [2.05, 4.69) is 32.2 Å². The van der Waals surface area contributed by atoms with E-state index in [0.29, 0.717) is 5.41 Å². The molecule has 1 aromatic carbocycles. The van der Waals surface area contributed by atoms with Crippen LogP contribution in [0.25, 0.3) is 0 Å². The van der Waals surface area contributed by atoms with Gasteiger partial charge in [-0.3, -0.25) is 0 Å². The van der Waals surface area contributed by atoms with E-state index in [-0.39, 0.29) is 6.04 Å². The summed E-state index contributed by atoms with van der Waals surface area (Å²) < 4.78 is 10.7. The second-order valence-electron chi connectivity index (χ2n) is 6.13. The SMILES string of the molecule is COc1ccc(OC)c(C(C)NCC2CC2(C)C)c1. The van der Waals surface area contributed by atoms with Crippen molar-refractivity contribution in [3.63, 3.8) is 0 Å². The lowest BCUT2D eigenvalue weighted by atomic mass is 10.1. The van der Waals surface area contributed by atoms with Gasteiger partial charge >= 0.3 is 0 Å². The zero-order chi connectivity index (χ0) is 14.0. The molecule has 1 fully saturated rings. The van der Waals surface area contributed by atoms with Crippen molar-refractivity contribution in [2.24, 2.45) is 11.3 Å². The highest BCUT2D eigenvalue weighted by molar-refractivity contribution is 5.42. The van der Waals surface area contributed by atoms with E-state index in [9.17, 15) is 0 Å². The first kappa shape index (κ1) is 14.2. The van der Waals surface area contributed by atoms with Crippen LogP contribution in [0.15, 0.2) is 18.2 Å². The van der Waals surface area contributed by atoms with Crippen LogP contribution in [0.2, 0.25) is 0 Å². The van der Waals surface area contributed by atoms with Gasteiger partial charge in [-0.25, -0.2) is 0 Å². The number of hydrogen-bond acceptors (Lipinski definition) is 3. The molecule has 2 atom stereocenters. The van der Waals surface area contributed by atoms with Gasteiger partial charge < -0.3 is 14.8 Å². The van der Waals surface area contributed by atoms with Crippen LogP contribution < -0.4 is 14.8 Å². The molecule has 19 heavy (non-hydrogen) atoms. The molecule has 0 aromatic heterocycles. The zero-order valence-electron chi connectivity index (χ0n) is 12.6. The molecular formula is C16H25NO2. The smallest absolute Gasteiger partial charge is 0.123 e. The van der Waals surface area contributed by atoms with Gasteiger partial charge in [0, 0.05) is 11.6 Å². The summed E-state index contributed by atoms with van der Waals surface area (Å²) in [7, 11) is 3.40. The molecule has 106 valence electrons. The Bertz CT molecular complexity index is 442. The van der Waals surface area contributed by atoms with E-state index in [1.165, 1.54) is 6.42 Å². The van der Waals surface area contributed by atoms with Crippen molar-refractivity contribution in [2.75, 3.05) is 20.8 Å². The molecule has 0 bridgehead atoms. The minimum atomic E-state index is 0.265. The van der Waals surface area contributed by atoms with Crippen LogP contribution in [0, 0.1) is 11.3 Å². The molecule has 0 heterocycles. The molecule has 1 saturated carbocycles. The Morgan fingerprint density at radius 2 is 2.00 bits per heavy atom. The fourth-order valence-corrected chi connectivity index (χ4v) is 2.53. The van der Waals surface area contributed by atoms with Gasteiger partial charge in [-0.05, 0) is 49.4 Å². The summed E-state index contributed by atoms with van der Waals surface area (Å²) in [6.07, 6.45) is 1.32. The highest BCUT2D eigenvalue weighted by Gasteiger charge is 2.44. The van der Waals surface area contributed by atoms with Crippen molar-refractivity contribution in [1.29, 1.82) is 0 Å². The monoisotopic (exact) mass is 263 g/mol. The fourth-order valence-electron chi connectivity index (χ4n) is 2.53. The number of methoxy groups -OCH3 is 2. The lowest BCUT2D eigenvalue weighted by Crippen LogP contribution is -2.22. The molecule has 0 amide bonds. The van der Waals surface area contributed by atoms with Crippen molar-refractivity contribution in [2.45, 2.75) is 33.2 Å². The average Bonchev–Trinajstić information content (AvgIpc) is 3.02. The van der Waals surface area contributed by atoms with Gasteiger partial charge in [-0.2, -0.15) is 0 Å². The Morgan fingerprint density at radius 3 is 2.53 bits per heavy atom. The van der Waals surface area contributed by atoms with Gasteiger partial charge in [0.05, 0.1) is 14.2 Å². The molecule has 2 unspecified atom stereocenters. The molecule has 0 aliphatic heterocycles. The third kappa shape index (κ3) is 3.21. The first-order chi connectivity index (χ1) is 8.97. The molecule has 2 rings (SSSR count). The van der Waals surface area contributed by atoms with E-state index >= 15 is 0 Å². The molecule has 1 aliphatic carbocycles. The Labute approximate surface area is 116 Å². The standard InChI is InChI=1S/C16H25NO2/c1-11(17-10-12-9-16(12,2)3)14-8-13(18-4)6-7-15(14)19-5/h6-8,11-12,17H,9-10H2,1-5H3. The number of rotatable bonds is 6. The summed E-state index contributed by atoms with van der Waals surface area (Å²) in [5, 5.41) is 3.61. The third-order valence-electron chi connectivity index (χ3n) is 4.29. The van der Waals surface area contributed by atoms with Crippen LogP contribution in [-0.4, -0.2) is 20.8 Å². The maximum Gasteiger partial charge on any atom is 0.123 e. The van der Waals surface area contributed by atoms with Crippen LogP contribution in [-0.2, 0) is 0 Å². The summed E-state index contributed by atoms with van der Waals surface area (Å²) in [4.78, 5) is 0. The fraction of sp³-hybridized carbons (Fsp3) is 0.625. The van der Waals surface area contributed by atoms with Crippen molar-refractivity contribution in [1.82, 2.24) is 5.32 Å². The highest BCUT2D eigenvalue weighted by Crippen LogP contribution is 2.51. The maximum atomic E-state index is 5.43. The molecule has 1 N–H and O–H groups in total. The Hall–Kier alpha value is -1.22. The van der Waals surface area contributed by atoms with Crippen LogP contribution in [0.5, 0.6) is 11.5 Å². The molecule has 3 heteroatoms. The molecule has 1 aromatic rings. The Morgan fingerprint density at radius 1 is 1.32 bits per heavy atom. The number of nitrogens with one attached hydrogen (secondary N) is 1.